The van der Waals surface area contributed by atoms with Gasteiger partial charge in [-0.25, -0.2) is 0 Å². The molecule has 11 heavy (non-hydrogen) atoms. The number of hydrogen-bond acceptors (Lipinski definition) is 1. The lowest BCUT2D eigenvalue weighted by Gasteiger charge is -2.29. The largest absolute Gasteiger partial charge is 0.306 e. The lowest BCUT2D eigenvalue weighted by Crippen LogP contribution is -2.33. The van der Waals surface area contributed by atoms with Gasteiger partial charge < -0.3 is 5.32 Å². The standard InChI is InChI=1S/C10H19N/c1-6-7-11-8-10(4,5)9(2)3/h1,9,11H,7-8H2,2-5H3. The number of nitrogens with one attached hydrogen (secondary N) is 1. The van der Waals surface area contributed by atoms with E-state index < -0.39 is 0 Å². The Morgan fingerprint density at radius 2 is 2.00 bits per heavy atom. The van der Waals surface area contributed by atoms with Crippen LogP contribution in [0.1, 0.15) is 27.7 Å². The molecule has 0 saturated heterocycles. The second-order valence-corrected chi connectivity index (χ2v) is 3.95. The normalized spacial score (nSPS) is 11.6. The first-order valence-corrected chi connectivity index (χ1v) is 4.15. The Kier molecular flexibility index (Phi) is 4.22. The third-order valence-electron chi connectivity index (χ3n) is 2.37. The van der Waals surface area contributed by atoms with Crippen LogP contribution < -0.4 is 5.32 Å². The molecule has 1 heteroatoms. The number of terminal acetylenes is 1. The molecule has 0 radical (unpaired) electrons. The van der Waals surface area contributed by atoms with Crippen molar-refractivity contribution < 1.29 is 0 Å². The van der Waals surface area contributed by atoms with E-state index in [9.17, 15) is 0 Å². The zero-order valence-corrected chi connectivity index (χ0v) is 8.07. The van der Waals surface area contributed by atoms with Crippen LogP contribution in [0.15, 0.2) is 0 Å². The zero-order chi connectivity index (χ0) is 8.91. The third-order valence-corrected chi connectivity index (χ3v) is 2.37. The van der Waals surface area contributed by atoms with Crippen LogP contribution in [0, 0.1) is 23.7 Å². The van der Waals surface area contributed by atoms with Gasteiger partial charge in [-0.1, -0.05) is 33.6 Å². The first-order valence-electron chi connectivity index (χ1n) is 4.15. The zero-order valence-electron chi connectivity index (χ0n) is 8.07. The summed E-state index contributed by atoms with van der Waals surface area (Å²) in [6.07, 6.45) is 5.12. The van der Waals surface area contributed by atoms with Gasteiger partial charge in [-0.05, 0) is 11.3 Å². The SMILES string of the molecule is C#CCNCC(C)(C)C(C)C. The van der Waals surface area contributed by atoms with Crippen LogP contribution in [0.5, 0.6) is 0 Å². The molecule has 1 nitrogen and oxygen atoms in total. The van der Waals surface area contributed by atoms with E-state index in [4.69, 9.17) is 6.42 Å². The van der Waals surface area contributed by atoms with Crippen molar-refractivity contribution in [2.75, 3.05) is 13.1 Å². The summed E-state index contributed by atoms with van der Waals surface area (Å²) in [5.74, 6) is 3.26. The van der Waals surface area contributed by atoms with Gasteiger partial charge in [0.15, 0.2) is 0 Å². The van der Waals surface area contributed by atoms with Crippen LogP contribution in [0.3, 0.4) is 0 Å². The molecular weight excluding hydrogens is 134 g/mol. The summed E-state index contributed by atoms with van der Waals surface area (Å²) in [4.78, 5) is 0. The van der Waals surface area contributed by atoms with Crippen molar-refractivity contribution in [1.29, 1.82) is 0 Å². The molecule has 0 aliphatic rings. The van der Waals surface area contributed by atoms with Gasteiger partial charge in [0, 0.05) is 6.54 Å². The van der Waals surface area contributed by atoms with Gasteiger partial charge in [0.2, 0.25) is 0 Å². The maximum atomic E-state index is 5.12. The minimum absolute atomic E-state index is 0.344. The first kappa shape index (κ1) is 10.5. The molecule has 0 rings (SSSR count). The molecule has 0 aliphatic carbocycles. The van der Waals surface area contributed by atoms with E-state index in [0.29, 0.717) is 17.9 Å². The van der Waals surface area contributed by atoms with Crippen LogP contribution >= 0.6 is 0 Å². The molecule has 0 amide bonds. The highest BCUT2D eigenvalue weighted by Crippen LogP contribution is 2.24. The summed E-state index contributed by atoms with van der Waals surface area (Å²) in [6.45, 7) is 10.6. The van der Waals surface area contributed by atoms with E-state index in [1.807, 2.05) is 0 Å². The summed E-state index contributed by atoms with van der Waals surface area (Å²) in [7, 11) is 0. The van der Waals surface area contributed by atoms with Gasteiger partial charge in [0.05, 0.1) is 6.54 Å². The van der Waals surface area contributed by atoms with Crippen molar-refractivity contribution in [1.82, 2.24) is 5.32 Å². The van der Waals surface area contributed by atoms with Crippen LogP contribution in [-0.4, -0.2) is 13.1 Å². The topological polar surface area (TPSA) is 12.0 Å². The Bertz CT molecular complexity index is 139. The van der Waals surface area contributed by atoms with Crippen molar-refractivity contribution in [3.05, 3.63) is 0 Å². The van der Waals surface area contributed by atoms with E-state index in [1.54, 1.807) is 0 Å². The Balaban J connectivity index is 3.66. The fourth-order valence-corrected chi connectivity index (χ4v) is 0.661. The number of hydrogen-bond donors (Lipinski definition) is 1. The van der Waals surface area contributed by atoms with Gasteiger partial charge in [0.25, 0.3) is 0 Å². The smallest absolute Gasteiger partial charge is 0.0574 e. The predicted octanol–water partition coefficient (Wildman–Crippen LogP) is 1.89. The quantitative estimate of drug-likeness (QED) is 0.480. The highest BCUT2D eigenvalue weighted by Gasteiger charge is 2.20. The van der Waals surface area contributed by atoms with E-state index in [2.05, 4.69) is 38.9 Å². The molecule has 64 valence electrons. The summed E-state index contributed by atoms with van der Waals surface area (Å²) < 4.78 is 0. The highest BCUT2D eigenvalue weighted by atomic mass is 14.9. The molecular formula is C10H19N. The Hall–Kier alpha value is -0.480. The second-order valence-electron chi connectivity index (χ2n) is 3.95. The van der Waals surface area contributed by atoms with E-state index in [0.717, 1.165) is 6.54 Å². The molecule has 0 bridgehead atoms. The van der Waals surface area contributed by atoms with Crippen LogP contribution in [0.4, 0.5) is 0 Å². The molecule has 0 aromatic heterocycles. The fraction of sp³-hybridized carbons (Fsp3) is 0.800. The highest BCUT2D eigenvalue weighted by molar-refractivity contribution is 4.88. The predicted molar refractivity (Wildman–Crippen MR) is 50.3 cm³/mol. The molecule has 0 aromatic rings. The molecule has 0 heterocycles. The maximum absolute atomic E-state index is 5.12. The van der Waals surface area contributed by atoms with Crippen LogP contribution in [0.25, 0.3) is 0 Å². The Labute approximate surface area is 70.6 Å². The molecule has 1 N–H and O–H groups in total. The van der Waals surface area contributed by atoms with Crippen LogP contribution in [0.2, 0.25) is 0 Å². The van der Waals surface area contributed by atoms with E-state index in [1.165, 1.54) is 0 Å². The van der Waals surface area contributed by atoms with Crippen molar-refractivity contribution >= 4 is 0 Å². The van der Waals surface area contributed by atoms with Crippen molar-refractivity contribution in [2.45, 2.75) is 27.7 Å². The molecule has 0 fully saturated rings. The Morgan fingerprint density at radius 3 is 2.36 bits per heavy atom. The van der Waals surface area contributed by atoms with Gasteiger partial charge in [-0.3, -0.25) is 0 Å². The van der Waals surface area contributed by atoms with Crippen LogP contribution in [-0.2, 0) is 0 Å². The number of rotatable bonds is 4. The molecule has 0 atom stereocenters. The van der Waals surface area contributed by atoms with Crippen molar-refractivity contribution in [2.24, 2.45) is 11.3 Å². The fourth-order valence-electron chi connectivity index (χ4n) is 0.661. The molecule has 0 saturated carbocycles. The molecule has 0 spiro atoms. The summed E-state index contributed by atoms with van der Waals surface area (Å²) in [5.41, 5.74) is 0.344. The summed E-state index contributed by atoms with van der Waals surface area (Å²) in [5, 5.41) is 3.22. The van der Waals surface area contributed by atoms with E-state index in [-0.39, 0.29) is 0 Å². The minimum atomic E-state index is 0.344. The minimum Gasteiger partial charge on any atom is -0.306 e. The van der Waals surface area contributed by atoms with Gasteiger partial charge in [-0.2, -0.15) is 0 Å². The molecule has 0 unspecified atom stereocenters. The lowest BCUT2D eigenvalue weighted by molar-refractivity contribution is 0.242. The van der Waals surface area contributed by atoms with Gasteiger partial charge in [0.1, 0.15) is 0 Å². The monoisotopic (exact) mass is 153 g/mol. The van der Waals surface area contributed by atoms with Crippen molar-refractivity contribution in [3.8, 4) is 12.3 Å². The average molecular weight is 153 g/mol. The van der Waals surface area contributed by atoms with Crippen molar-refractivity contribution in [3.63, 3.8) is 0 Å². The van der Waals surface area contributed by atoms with Gasteiger partial charge >= 0.3 is 0 Å². The third kappa shape index (κ3) is 4.06. The lowest BCUT2D eigenvalue weighted by atomic mass is 9.81. The first-order chi connectivity index (χ1) is 5.00. The average Bonchev–Trinajstić information content (AvgIpc) is 1.88. The maximum Gasteiger partial charge on any atom is 0.0574 e. The summed E-state index contributed by atoms with van der Waals surface area (Å²) >= 11 is 0. The van der Waals surface area contributed by atoms with Gasteiger partial charge in [-0.15, -0.1) is 6.42 Å². The molecule has 0 aliphatic heterocycles. The second kappa shape index (κ2) is 4.41. The molecule has 0 aromatic carbocycles. The Morgan fingerprint density at radius 1 is 1.45 bits per heavy atom. The van der Waals surface area contributed by atoms with E-state index >= 15 is 0 Å². The summed E-state index contributed by atoms with van der Waals surface area (Å²) in [6, 6.07) is 0.